The summed E-state index contributed by atoms with van der Waals surface area (Å²) in [6, 6.07) is 6.50. The molecule has 1 aromatic rings. The van der Waals surface area contributed by atoms with Crippen molar-refractivity contribution < 1.29 is 50.5 Å². The summed E-state index contributed by atoms with van der Waals surface area (Å²) in [5.74, 6) is 0. The van der Waals surface area contributed by atoms with Gasteiger partial charge in [-0.15, -0.1) is 0 Å². The summed E-state index contributed by atoms with van der Waals surface area (Å²) >= 11 is 2.41. The zero-order valence-corrected chi connectivity index (χ0v) is 28.1. The van der Waals surface area contributed by atoms with Crippen molar-refractivity contribution in [3.63, 3.8) is 0 Å². The summed E-state index contributed by atoms with van der Waals surface area (Å²) < 4.78 is 73.9. The first-order valence-electron chi connectivity index (χ1n) is 14.7. The van der Waals surface area contributed by atoms with Crippen molar-refractivity contribution in [1.82, 2.24) is 0 Å². The first kappa shape index (κ1) is 39.6. The van der Waals surface area contributed by atoms with Gasteiger partial charge in [0.15, 0.2) is 0 Å². The van der Waals surface area contributed by atoms with Gasteiger partial charge in [-0.05, 0) is 36.3 Å². The maximum Gasteiger partial charge on any atom is 0.297 e. The lowest BCUT2D eigenvalue weighted by Gasteiger charge is -2.09. The second-order valence-corrected chi connectivity index (χ2v) is 11.8. The van der Waals surface area contributed by atoms with E-state index in [2.05, 4.69) is 22.6 Å². The molecular weight excluding hydrogens is 683 g/mol. The summed E-state index contributed by atoms with van der Waals surface area (Å²) in [6.07, 6.45) is 4.95. The van der Waals surface area contributed by atoms with E-state index in [9.17, 15) is 8.42 Å². The fourth-order valence-corrected chi connectivity index (χ4v) is 4.70. The predicted molar refractivity (Wildman–Crippen MR) is 168 cm³/mol. The van der Waals surface area contributed by atoms with Crippen LogP contribution in [0.1, 0.15) is 31.2 Å². The van der Waals surface area contributed by atoms with Crippen molar-refractivity contribution in [3.05, 3.63) is 29.8 Å². The summed E-state index contributed by atoms with van der Waals surface area (Å²) in [5.41, 5.74) is 0.979. The van der Waals surface area contributed by atoms with Crippen molar-refractivity contribution in [3.8, 4) is 0 Å². The highest BCUT2D eigenvalue weighted by atomic mass is 127. The molecule has 1 aromatic carbocycles. The highest BCUT2D eigenvalue weighted by Gasteiger charge is 2.14. The van der Waals surface area contributed by atoms with Crippen molar-refractivity contribution in [2.24, 2.45) is 0 Å². The largest absolute Gasteiger partial charge is 0.379 e. The van der Waals surface area contributed by atoms with Crippen LogP contribution in [-0.2, 0) is 52.2 Å². The normalized spacial score (nSPS) is 11.9. The molecule has 42 heavy (non-hydrogen) atoms. The number of hydrogen-bond donors (Lipinski definition) is 0. The fourth-order valence-electron chi connectivity index (χ4n) is 3.27. The number of rotatable bonds is 32. The molecule has 0 amide bonds. The Morgan fingerprint density at radius 3 is 1.19 bits per heavy atom. The number of ether oxygens (including phenoxy) is 8. The molecule has 13 heteroatoms. The van der Waals surface area contributed by atoms with Gasteiger partial charge in [-0.25, -0.2) is 0 Å². The molecule has 0 aliphatic heterocycles. The average Bonchev–Trinajstić information content (AvgIpc) is 2.98. The Balaban J connectivity index is 1.70. The van der Waals surface area contributed by atoms with Gasteiger partial charge in [0.25, 0.3) is 10.1 Å². The van der Waals surface area contributed by atoms with Gasteiger partial charge < -0.3 is 37.9 Å². The van der Waals surface area contributed by atoms with Crippen LogP contribution < -0.4 is 0 Å². The molecule has 11 nitrogen and oxygen atoms in total. The smallest absolute Gasteiger partial charge is 0.297 e. The molecule has 0 unspecified atom stereocenters. The Bertz CT molecular complexity index is 812. The van der Waals surface area contributed by atoms with E-state index in [0.29, 0.717) is 92.5 Å². The molecule has 0 bridgehead atoms. The summed E-state index contributed by atoms with van der Waals surface area (Å²) in [4.78, 5) is 0.133. The van der Waals surface area contributed by atoms with Crippen LogP contribution in [0.3, 0.4) is 0 Å². The second kappa shape index (κ2) is 29.3. The number of halogens is 1. The minimum atomic E-state index is -3.76. The van der Waals surface area contributed by atoms with E-state index in [-0.39, 0.29) is 18.1 Å². The molecule has 0 saturated heterocycles. The maximum absolute atomic E-state index is 12.1. The summed E-state index contributed by atoms with van der Waals surface area (Å²) in [6.45, 7) is 9.72. The summed E-state index contributed by atoms with van der Waals surface area (Å²) in [7, 11) is -3.76. The standard InChI is InChI=1S/C29H51IO11S/c1-28-6-8-29(9-7-28)42(31,32)41-27-26-40-25-24-39-23-22-38-21-20-37-19-18-36-17-16-35-15-14-34-13-12-33-11-5-3-2-4-10-30/h6-9H,2-5,10-27H2,1H3. The number of aryl methyl sites for hydroxylation is 1. The van der Waals surface area contributed by atoms with Crippen molar-refractivity contribution in [2.75, 3.05) is 117 Å². The number of alkyl halides is 1. The second-order valence-electron chi connectivity index (χ2n) is 9.09. The number of benzene rings is 1. The molecule has 0 radical (unpaired) electrons. The minimum Gasteiger partial charge on any atom is -0.379 e. The molecular formula is C29H51IO11S. The molecule has 1 rings (SSSR count). The van der Waals surface area contributed by atoms with E-state index in [0.717, 1.165) is 18.6 Å². The van der Waals surface area contributed by atoms with Gasteiger partial charge in [0.05, 0.1) is 111 Å². The Kier molecular flexibility index (Phi) is 27.6. The van der Waals surface area contributed by atoms with E-state index < -0.39 is 10.1 Å². The first-order chi connectivity index (χ1) is 20.6. The minimum absolute atomic E-state index is 0.0522. The molecule has 0 aliphatic carbocycles. The van der Waals surface area contributed by atoms with Crippen LogP contribution >= 0.6 is 22.6 Å². The maximum atomic E-state index is 12.1. The molecule has 0 saturated carbocycles. The van der Waals surface area contributed by atoms with Gasteiger partial charge in [0.1, 0.15) is 0 Å². The Labute approximate surface area is 266 Å². The quantitative estimate of drug-likeness (QED) is 0.0466. The van der Waals surface area contributed by atoms with Crippen LogP contribution in [0.15, 0.2) is 29.2 Å². The first-order valence-corrected chi connectivity index (χ1v) is 17.6. The van der Waals surface area contributed by atoms with Gasteiger partial charge in [0.2, 0.25) is 0 Å². The van der Waals surface area contributed by atoms with E-state index >= 15 is 0 Å². The third-order valence-corrected chi connectivity index (χ3v) is 7.64. The molecule has 0 aromatic heterocycles. The molecule has 0 aliphatic rings. The lowest BCUT2D eigenvalue weighted by atomic mass is 10.2. The Morgan fingerprint density at radius 2 is 0.810 bits per heavy atom. The molecule has 0 atom stereocenters. The predicted octanol–water partition coefficient (Wildman–Crippen LogP) is 3.83. The van der Waals surface area contributed by atoms with E-state index in [1.54, 1.807) is 12.1 Å². The lowest BCUT2D eigenvalue weighted by Crippen LogP contribution is -2.15. The van der Waals surface area contributed by atoms with E-state index in [1.165, 1.54) is 35.8 Å². The van der Waals surface area contributed by atoms with Crippen LogP contribution in [0.4, 0.5) is 0 Å². The third kappa shape index (κ3) is 24.9. The topological polar surface area (TPSA) is 117 Å². The van der Waals surface area contributed by atoms with Crippen LogP contribution in [0.25, 0.3) is 0 Å². The van der Waals surface area contributed by atoms with Crippen LogP contribution in [-0.4, -0.2) is 125 Å². The lowest BCUT2D eigenvalue weighted by molar-refractivity contribution is -0.0236. The molecule has 0 spiro atoms. The molecule has 0 fully saturated rings. The molecule has 0 heterocycles. The molecule has 246 valence electrons. The van der Waals surface area contributed by atoms with Gasteiger partial charge in [-0.1, -0.05) is 53.1 Å². The SMILES string of the molecule is Cc1ccc(S(=O)(=O)OCCOCCOCCOCCOCCOCCOCCOCCOCCCCCCI)cc1. The monoisotopic (exact) mass is 734 g/mol. The van der Waals surface area contributed by atoms with Crippen LogP contribution in [0, 0.1) is 6.92 Å². The van der Waals surface area contributed by atoms with E-state index in [4.69, 9.17) is 42.1 Å². The zero-order chi connectivity index (χ0) is 30.4. The fraction of sp³-hybridized carbons (Fsp3) is 0.793. The van der Waals surface area contributed by atoms with Gasteiger partial charge in [-0.3, -0.25) is 4.18 Å². The van der Waals surface area contributed by atoms with Crippen LogP contribution in [0.2, 0.25) is 0 Å². The summed E-state index contributed by atoms with van der Waals surface area (Å²) in [5, 5.41) is 0. The average molecular weight is 735 g/mol. The zero-order valence-electron chi connectivity index (χ0n) is 25.1. The number of hydrogen-bond acceptors (Lipinski definition) is 11. The van der Waals surface area contributed by atoms with Crippen molar-refractivity contribution in [1.29, 1.82) is 0 Å². The number of unbranched alkanes of at least 4 members (excludes halogenated alkanes) is 3. The van der Waals surface area contributed by atoms with Gasteiger partial charge in [-0.2, -0.15) is 8.42 Å². The Morgan fingerprint density at radius 1 is 0.476 bits per heavy atom. The van der Waals surface area contributed by atoms with E-state index in [1.807, 2.05) is 6.92 Å². The van der Waals surface area contributed by atoms with Crippen molar-refractivity contribution in [2.45, 2.75) is 37.5 Å². The third-order valence-electron chi connectivity index (χ3n) is 5.55. The Hall–Kier alpha value is -0.460. The highest BCUT2D eigenvalue weighted by molar-refractivity contribution is 14.1. The van der Waals surface area contributed by atoms with Gasteiger partial charge >= 0.3 is 0 Å². The highest BCUT2D eigenvalue weighted by Crippen LogP contribution is 2.12. The van der Waals surface area contributed by atoms with Crippen LogP contribution in [0.5, 0.6) is 0 Å². The molecule has 0 N–H and O–H groups in total. The van der Waals surface area contributed by atoms with Crippen molar-refractivity contribution >= 4 is 32.7 Å². The van der Waals surface area contributed by atoms with Gasteiger partial charge in [0, 0.05) is 6.61 Å².